The fraction of sp³-hybridized carbons (Fsp3) is 0.933. The van der Waals surface area contributed by atoms with Gasteiger partial charge in [-0.15, -0.1) is 0 Å². The zero-order valence-corrected chi connectivity index (χ0v) is 11.8. The van der Waals surface area contributed by atoms with Crippen LogP contribution < -0.4 is 5.73 Å². The Morgan fingerprint density at radius 3 is 2.06 bits per heavy atom. The molecule has 0 amide bonds. The summed E-state index contributed by atoms with van der Waals surface area (Å²) in [7, 11) is 0. The molecule has 0 radical (unpaired) electrons. The third-order valence-corrected chi connectivity index (χ3v) is 4.99. The molecule has 3 aliphatic rings. The smallest absolute Gasteiger partial charge is 0.309 e. The number of carbonyl (C=O) groups is 1. The van der Waals surface area contributed by atoms with Crippen LogP contribution >= 0.6 is 0 Å². The van der Waals surface area contributed by atoms with Crippen molar-refractivity contribution in [2.24, 2.45) is 22.5 Å². The van der Waals surface area contributed by atoms with Crippen molar-refractivity contribution >= 4 is 5.97 Å². The molecule has 3 heteroatoms. The van der Waals surface area contributed by atoms with E-state index in [-0.39, 0.29) is 17.5 Å². The van der Waals surface area contributed by atoms with Crippen LogP contribution in [0.3, 0.4) is 0 Å². The van der Waals surface area contributed by atoms with Crippen LogP contribution in [0.1, 0.15) is 59.3 Å². The van der Waals surface area contributed by atoms with Crippen molar-refractivity contribution in [3.8, 4) is 0 Å². The molecule has 0 atom stereocenters. The van der Waals surface area contributed by atoms with E-state index < -0.39 is 0 Å². The summed E-state index contributed by atoms with van der Waals surface area (Å²) in [6.45, 7) is 5.81. The molecule has 2 spiro atoms. The quantitative estimate of drug-likeness (QED) is 0.729. The minimum Gasteiger partial charge on any atom is -0.460 e. The lowest BCUT2D eigenvalue weighted by atomic mass is 9.37. The van der Waals surface area contributed by atoms with Crippen molar-refractivity contribution in [3.63, 3.8) is 0 Å². The predicted molar refractivity (Wildman–Crippen MR) is 69.9 cm³/mol. The summed E-state index contributed by atoms with van der Waals surface area (Å²) in [5, 5.41) is 0. The molecule has 0 aromatic rings. The van der Waals surface area contributed by atoms with Gasteiger partial charge in [-0.3, -0.25) is 4.79 Å². The maximum absolute atomic E-state index is 11.9. The molecule has 18 heavy (non-hydrogen) atoms. The number of rotatable bonds is 1. The molecule has 0 aliphatic heterocycles. The SMILES string of the molecule is CC(C)(C)OC(=O)C1CC2(C1)CC1(CC(N)C1)C2. The van der Waals surface area contributed by atoms with Gasteiger partial charge in [0, 0.05) is 6.04 Å². The zero-order chi connectivity index (χ0) is 13.2. The highest BCUT2D eigenvalue weighted by Crippen LogP contribution is 2.71. The lowest BCUT2D eigenvalue weighted by molar-refractivity contribution is -0.195. The van der Waals surface area contributed by atoms with Crippen molar-refractivity contribution in [3.05, 3.63) is 0 Å². The van der Waals surface area contributed by atoms with Crippen molar-refractivity contribution < 1.29 is 9.53 Å². The van der Waals surface area contributed by atoms with Crippen LogP contribution in [0.4, 0.5) is 0 Å². The highest BCUT2D eigenvalue weighted by Gasteiger charge is 2.64. The molecule has 0 aromatic heterocycles. The molecule has 0 heterocycles. The fourth-order valence-corrected chi connectivity index (χ4v) is 4.71. The Hall–Kier alpha value is -0.570. The van der Waals surface area contributed by atoms with E-state index in [1.165, 1.54) is 25.7 Å². The summed E-state index contributed by atoms with van der Waals surface area (Å²) in [4.78, 5) is 11.9. The highest BCUT2D eigenvalue weighted by atomic mass is 16.6. The fourth-order valence-electron chi connectivity index (χ4n) is 4.71. The number of carbonyl (C=O) groups excluding carboxylic acids is 1. The summed E-state index contributed by atoms with van der Waals surface area (Å²) in [5.41, 5.74) is 6.61. The number of ether oxygens (including phenoxy) is 1. The molecule has 0 aromatic carbocycles. The van der Waals surface area contributed by atoms with E-state index in [1.54, 1.807) is 0 Å². The zero-order valence-electron chi connectivity index (χ0n) is 11.8. The topological polar surface area (TPSA) is 52.3 Å². The van der Waals surface area contributed by atoms with Gasteiger partial charge >= 0.3 is 5.97 Å². The van der Waals surface area contributed by atoms with Crippen LogP contribution in [0.2, 0.25) is 0 Å². The van der Waals surface area contributed by atoms with Crippen LogP contribution in [0, 0.1) is 16.7 Å². The highest BCUT2D eigenvalue weighted by molar-refractivity contribution is 5.74. The van der Waals surface area contributed by atoms with E-state index in [4.69, 9.17) is 10.5 Å². The normalized spacial score (nSPS) is 46.2. The molecular weight excluding hydrogens is 226 g/mol. The summed E-state index contributed by atoms with van der Waals surface area (Å²) in [5.74, 6) is 0.176. The Bertz CT molecular complexity index is 360. The first-order valence-corrected chi connectivity index (χ1v) is 7.20. The first-order chi connectivity index (χ1) is 8.21. The summed E-state index contributed by atoms with van der Waals surface area (Å²) in [6, 6.07) is 0.448. The van der Waals surface area contributed by atoms with Gasteiger partial charge in [0.2, 0.25) is 0 Å². The van der Waals surface area contributed by atoms with Crippen molar-refractivity contribution in [1.82, 2.24) is 0 Å². The first-order valence-electron chi connectivity index (χ1n) is 7.20. The second-order valence-corrected chi connectivity index (χ2v) is 8.16. The maximum Gasteiger partial charge on any atom is 0.309 e. The third-order valence-electron chi connectivity index (χ3n) is 4.99. The molecular formula is C15H25NO2. The van der Waals surface area contributed by atoms with Crippen molar-refractivity contribution in [1.29, 1.82) is 0 Å². The Kier molecular flexibility index (Phi) is 2.42. The monoisotopic (exact) mass is 251 g/mol. The van der Waals surface area contributed by atoms with Gasteiger partial charge in [0.25, 0.3) is 0 Å². The summed E-state index contributed by atoms with van der Waals surface area (Å²) in [6.07, 6.45) is 7.16. The van der Waals surface area contributed by atoms with Gasteiger partial charge in [-0.05, 0) is 70.1 Å². The van der Waals surface area contributed by atoms with Crippen LogP contribution in [0.15, 0.2) is 0 Å². The molecule has 2 N–H and O–H groups in total. The molecule has 0 unspecified atom stereocenters. The number of hydrogen-bond acceptors (Lipinski definition) is 3. The Morgan fingerprint density at radius 1 is 1.11 bits per heavy atom. The van der Waals surface area contributed by atoms with E-state index in [0.717, 1.165) is 12.8 Å². The van der Waals surface area contributed by atoms with Crippen LogP contribution in [0.25, 0.3) is 0 Å². The molecule has 3 nitrogen and oxygen atoms in total. The number of hydrogen-bond donors (Lipinski definition) is 1. The summed E-state index contributed by atoms with van der Waals surface area (Å²) < 4.78 is 5.45. The predicted octanol–water partition coefficient (Wildman–Crippen LogP) is 2.63. The van der Waals surface area contributed by atoms with E-state index in [0.29, 0.717) is 16.9 Å². The lowest BCUT2D eigenvalue weighted by Crippen LogP contribution is -2.62. The standard InChI is InChI=1S/C15H25NO2/c1-13(2,3)18-12(17)10-4-14(5-10)8-15(9-14)6-11(16)7-15/h10-11H,4-9,16H2,1-3H3. The molecule has 3 rings (SSSR count). The van der Waals surface area contributed by atoms with E-state index in [1.807, 2.05) is 20.8 Å². The maximum atomic E-state index is 11.9. The Labute approximate surface area is 109 Å². The average molecular weight is 251 g/mol. The van der Waals surface area contributed by atoms with Gasteiger partial charge in [-0.2, -0.15) is 0 Å². The molecule has 3 saturated carbocycles. The summed E-state index contributed by atoms with van der Waals surface area (Å²) >= 11 is 0. The van der Waals surface area contributed by atoms with Gasteiger partial charge in [0.15, 0.2) is 0 Å². The van der Waals surface area contributed by atoms with Crippen LogP contribution in [0.5, 0.6) is 0 Å². The van der Waals surface area contributed by atoms with Gasteiger partial charge in [-0.25, -0.2) is 0 Å². The molecule has 0 bridgehead atoms. The van der Waals surface area contributed by atoms with E-state index >= 15 is 0 Å². The molecule has 3 aliphatic carbocycles. The van der Waals surface area contributed by atoms with E-state index in [9.17, 15) is 4.79 Å². The minimum absolute atomic E-state index is 0.0133. The second-order valence-electron chi connectivity index (χ2n) is 8.16. The number of nitrogens with two attached hydrogens (primary N) is 1. The lowest BCUT2D eigenvalue weighted by Gasteiger charge is -2.68. The van der Waals surface area contributed by atoms with Gasteiger partial charge in [0.05, 0.1) is 5.92 Å². The first kappa shape index (κ1) is 12.5. The average Bonchev–Trinajstić information content (AvgIpc) is 2.00. The van der Waals surface area contributed by atoms with Gasteiger partial charge < -0.3 is 10.5 Å². The Morgan fingerprint density at radius 2 is 1.61 bits per heavy atom. The second kappa shape index (κ2) is 3.50. The van der Waals surface area contributed by atoms with Crippen molar-refractivity contribution in [2.45, 2.75) is 70.9 Å². The van der Waals surface area contributed by atoms with E-state index in [2.05, 4.69) is 0 Å². The molecule has 102 valence electrons. The van der Waals surface area contributed by atoms with Crippen LogP contribution in [-0.2, 0) is 9.53 Å². The minimum atomic E-state index is -0.346. The van der Waals surface area contributed by atoms with Gasteiger partial charge in [0.1, 0.15) is 5.60 Å². The largest absolute Gasteiger partial charge is 0.460 e. The molecule has 3 fully saturated rings. The molecule has 0 saturated heterocycles. The number of esters is 1. The third kappa shape index (κ3) is 1.97. The van der Waals surface area contributed by atoms with Gasteiger partial charge in [-0.1, -0.05) is 0 Å². The van der Waals surface area contributed by atoms with Crippen molar-refractivity contribution in [2.75, 3.05) is 0 Å². The Balaban J connectivity index is 1.46. The van der Waals surface area contributed by atoms with Crippen LogP contribution in [-0.4, -0.2) is 17.6 Å².